The van der Waals surface area contributed by atoms with E-state index in [0.717, 1.165) is 6.07 Å². The molecule has 0 aliphatic carbocycles. The molecule has 0 aliphatic heterocycles. The lowest BCUT2D eigenvalue weighted by Gasteiger charge is -2.08. The van der Waals surface area contributed by atoms with Crippen molar-refractivity contribution in [2.75, 3.05) is 10.6 Å². The predicted molar refractivity (Wildman–Crippen MR) is 89.5 cm³/mol. The van der Waals surface area contributed by atoms with Crippen LogP contribution in [0.4, 0.5) is 17.1 Å². The average Bonchev–Trinajstić information content (AvgIpc) is 2.51. The number of hydrogen-bond donors (Lipinski definition) is 2. The van der Waals surface area contributed by atoms with Gasteiger partial charge in [0.25, 0.3) is 5.69 Å². The summed E-state index contributed by atoms with van der Waals surface area (Å²) in [7, 11) is 0. The number of anilines is 2. The standard InChI is InChI=1S/C14H9BrClN3O4/c15-9-3-1-2-4-11(9)18-14(21)13(20)17-8-5-6-10(16)12(7-8)19(22)23/h1-7H,(H,17,20)(H,18,21). The highest BCUT2D eigenvalue weighted by atomic mass is 79.9. The Morgan fingerprint density at radius 2 is 1.74 bits per heavy atom. The summed E-state index contributed by atoms with van der Waals surface area (Å²) in [5, 5.41) is 15.4. The highest BCUT2D eigenvalue weighted by Crippen LogP contribution is 2.27. The highest BCUT2D eigenvalue weighted by molar-refractivity contribution is 9.10. The molecule has 0 saturated carbocycles. The third kappa shape index (κ3) is 4.27. The lowest BCUT2D eigenvalue weighted by molar-refractivity contribution is -0.384. The number of nitrogens with one attached hydrogen (secondary N) is 2. The Balaban J connectivity index is 2.10. The molecule has 2 N–H and O–H groups in total. The third-order valence-corrected chi connectivity index (χ3v) is 3.74. The molecule has 0 radical (unpaired) electrons. The first-order valence-electron chi connectivity index (χ1n) is 6.19. The van der Waals surface area contributed by atoms with E-state index in [0.29, 0.717) is 10.2 Å². The van der Waals surface area contributed by atoms with Gasteiger partial charge in [-0.1, -0.05) is 23.7 Å². The van der Waals surface area contributed by atoms with Crippen LogP contribution < -0.4 is 10.6 Å². The van der Waals surface area contributed by atoms with E-state index in [1.807, 2.05) is 0 Å². The van der Waals surface area contributed by atoms with Gasteiger partial charge in [-0.3, -0.25) is 19.7 Å². The third-order valence-electron chi connectivity index (χ3n) is 2.73. The van der Waals surface area contributed by atoms with Crippen molar-refractivity contribution in [3.8, 4) is 0 Å². The van der Waals surface area contributed by atoms with Gasteiger partial charge in [-0.25, -0.2) is 0 Å². The number of nitro benzene ring substituents is 1. The second-order valence-corrected chi connectivity index (χ2v) is 5.57. The maximum absolute atomic E-state index is 11.9. The molecule has 9 heteroatoms. The quantitative estimate of drug-likeness (QED) is 0.468. The van der Waals surface area contributed by atoms with Crippen molar-refractivity contribution in [3.63, 3.8) is 0 Å². The zero-order valence-corrected chi connectivity index (χ0v) is 13.7. The van der Waals surface area contributed by atoms with E-state index in [9.17, 15) is 19.7 Å². The lowest BCUT2D eigenvalue weighted by atomic mass is 10.2. The van der Waals surface area contributed by atoms with Crippen LogP contribution in [0.2, 0.25) is 5.02 Å². The molecule has 0 spiro atoms. The van der Waals surface area contributed by atoms with Crippen molar-refractivity contribution in [3.05, 3.63) is 62.1 Å². The van der Waals surface area contributed by atoms with Crippen LogP contribution in [0.5, 0.6) is 0 Å². The van der Waals surface area contributed by atoms with Crippen LogP contribution in [0.15, 0.2) is 46.9 Å². The van der Waals surface area contributed by atoms with Gasteiger partial charge in [0.15, 0.2) is 0 Å². The summed E-state index contributed by atoms with van der Waals surface area (Å²) in [4.78, 5) is 33.8. The molecule has 0 saturated heterocycles. The number of nitrogens with zero attached hydrogens (tertiary/aromatic N) is 1. The molecule has 0 aromatic heterocycles. The van der Waals surface area contributed by atoms with Crippen LogP contribution in [-0.4, -0.2) is 16.7 Å². The Kier molecular flexibility index (Phi) is 5.30. The SMILES string of the molecule is O=C(Nc1ccc(Cl)c([N+](=O)[O-])c1)C(=O)Nc1ccccc1Br. The van der Waals surface area contributed by atoms with Crippen molar-refractivity contribution in [2.24, 2.45) is 0 Å². The average molecular weight is 399 g/mol. The molecule has 0 aliphatic rings. The van der Waals surface area contributed by atoms with Crippen molar-refractivity contribution >= 4 is 56.4 Å². The van der Waals surface area contributed by atoms with Crippen LogP contribution >= 0.6 is 27.5 Å². The van der Waals surface area contributed by atoms with Gasteiger partial charge in [0.05, 0.1) is 10.6 Å². The normalized spacial score (nSPS) is 10.0. The van der Waals surface area contributed by atoms with Gasteiger partial charge in [0.2, 0.25) is 0 Å². The molecule has 0 fully saturated rings. The van der Waals surface area contributed by atoms with Crippen molar-refractivity contribution in [2.45, 2.75) is 0 Å². The summed E-state index contributed by atoms with van der Waals surface area (Å²) >= 11 is 8.91. The molecule has 0 atom stereocenters. The minimum Gasteiger partial charge on any atom is -0.318 e. The summed E-state index contributed by atoms with van der Waals surface area (Å²) < 4.78 is 0.614. The van der Waals surface area contributed by atoms with Crippen LogP contribution in [0.3, 0.4) is 0 Å². The van der Waals surface area contributed by atoms with E-state index in [1.54, 1.807) is 24.3 Å². The van der Waals surface area contributed by atoms with Crippen LogP contribution in [0.1, 0.15) is 0 Å². The molecule has 2 aromatic rings. The molecule has 7 nitrogen and oxygen atoms in total. The minimum atomic E-state index is -0.961. The fraction of sp³-hybridized carbons (Fsp3) is 0. The zero-order valence-electron chi connectivity index (χ0n) is 11.4. The molecule has 2 amide bonds. The Morgan fingerprint density at radius 1 is 1.09 bits per heavy atom. The van der Waals surface area contributed by atoms with Crippen LogP contribution in [0.25, 0.3) is 0 Å². The van der Waals surface area contributed by atoms with Gasteiger partial charge in [0.1, 0.15) is 5.02 Å². The monoisotopic (exact) mass is 397 g/mol. The first-order chi connectivity index (χ1) is 10.9. The summed E-state index contributed by atoms with van der Waals surface area (Å²) in [6, 6.07) is 10.5. The van der Waals surface area contributed by atoms with Gasteiger partial charge in [-0.05, 0) is 40.2 Å². The molecule has 2 aromatic carbocycles. The number of benzene rings is 2. The predicted octanol–water partition coefficient (Wildman–Crippen LogP) is 3.59. The number of carbonyl (C=O) groups excluding carboxylic acids is 2. The van der Waals surface area contributed by atoms with Crippen molar-refractivity contribution in [1.29, 1.82) is 0 Å². The Bertz CT molecular complexity index is 797. The van der Waals surface area contributed by atoms with E-state index in [-0.39, 0.29) is 16.4 Å². The van der Waals surface area contributed by atoms with Gasteiger partial charge < -0.3 is 10.6 Å². The van der Waals surface area contributed by atoms with E-state index in [1.165, 1.54) is 12.1 Å². The van der Waals surface area contributed by atoms with E-state index in [4.69, 9.17) is 11.6 Å². The Morgan fingerprint density at radius 3 is 2.39 bits per heavy atom. The van der Waals surface area contributed by atoms with Gasteiger partial charge in [-0.15, -0.1) is 0 Å². The maximum Gasteiger partial charge on any atom is 0.314 e. The molecule has 118 valence electrons. The smallest absolute Gasteiger partial charge is 0.314 e. The second kappa shape index (κ2) is 7.21. The lowest BCUT2D eigenvalue weighted by Crippen LogP contribution is -2.29. The number of para-hydroxylation sites is 1. The summed E-state index contributed by atoms with van der Waals surface area (Å²) in [5.41, 5.74) is 0.152. The highest BCUT2D eigenvalue weighted by Gasteiger charge is 2.18. The van der Waals surface area contributed by atoms with Crippen LogP contribution in [0, 0.1) is 10.1 Å². The topological polar surface area (TPSA) is 101 Å². The Hall–Kier alpha value is -2.45. The van der Waals surface area contributed by atoms with Crippen molar-refractivity contribution in [1.82, 2.24) is 0 Å². The number of nitro groups is 1. The number of hydrogen-bond acceptors (Lipinski definition) is 4. The summed E-state index contributed by atoms with van der Waals surface area (Å²) in [5.74, 6) is -1.87. The van der Waals surface area contributed by atoms with E-state index in [2.05, 4.69) is 26.6 Å². The minimum absolute atomic E-state index is 0.0642. The summed E-state index contributed by atoms with van der Waals surface area (Å²) in [6.07, 6.45) is 0. The second-order valence-electron chi connectivity index (χ2n) is 4.31. The van der Waals surface area contributed by atoms with Gasteiger partial charge in [-0.2, -0.15) is 0 Å². The molecule has 23 heavy (non-hydrogen) atoms. The Labute approximate surface area is 143 Å². The molecule has 0 bridgehead atoms. The summed E-state index contributed by atoms with van der Waals surface area (Å²) in [6.45, 7) is 0. The number of amides is 2. The van der Waals surface area contributed by atoms with Gasteiger partial charge >= 0.3 is 11.8 Å². The van der Waals surface area contributed by atoms with Gasteiger partial charge in [0, 0.05) is 16.2 Å². The molecular formula is C14H9BrClN3O4. The van der Waals surface area contributed by atoms with E-state index >= 15 is 0 Å². The number of halogens is 2. The maximum atomic E-state index is 11.9. The fourth-order valence-corrected chi connectivity index (χ4v) is 2.23. The fourth-order valence-electron chi connectivity index (χ4n) is 1.66. The molecule has 0 heterocycles. The number of rotatable bonds is 3. The van der Waals surface area contributed by atoms with E-state index < -0.39 is 16.7 Å². The zero-order chi connectivity index (χ0) is 17.0. The molecule has 0 unspecified atom stereocenters. The molecule has 2 rings (SSSR count). The first kappa shape index (κ1) is 16.9. The van der Waals surface area contributed by atoms with Crippen LogP contribution in [-0.2, 0) is 9.59 Å². The molecular weight excluding hydrogens is 390 g/mol. The first-order valence-corrected chi connectivity index (χ1v) is 7.36. The largest absolute Gasteiger partial charge is 0.318 e. The number of carbonyl (C=O) groups is 2. The van der Waals surface area contributed by atoms with Crippen molar-refractivity contribution < 1.29 is 14.5 Å².